The van der Waals surface area contributed by atoms with Crippen molar-refractivity contribution in [2.24, 2.45) is 5.73 Å². The van der Waals surface area contributed by atoms with E-state index in [9.17, 15) is 14.9 Å². The second kappa shape index (κ2) is 6.15. The molecule has 1 amide bonds. The molecule has 0 aliphatic heterocycles. The second-order valence-electron chi connectivity index (χ2n) is 6.38. The van der Waals surface area contributed by atoms with Gasteiger partial charge < -0.3 is 15.1 Å². The Morgan fingerprint density at radius 2 is 1.89 bits per heavy atom. The van der Waals surface area contributed by atoms with Crippen LogP contribution >= 0.6 is 0 Å². The third-order valence-corrected chi connectivity index (χ3v) is 4.64. The molecule has 2 heterocycles. The summed E-state index contributed by atoms with van der Waals surface area (Å²) >= 11 is 0. The maximum atomic E-state index is 12.7. The largest absolute Gasteiger partial charge is 0.422 e. The van der Waals surface area contributed by atoms with E-state index in [0.29, 0.717) is 22.2 Å². The number of nitrogens with two attached hydrogens (primary N) is 1. The lowest BCUT2D eigenvalue weighted by Gasteiger charge is -2.08. The zero-order chi connectivity index (χ0) is 19.1. The highest BCUT2D eigenvalue weighted by Crippen LogP contribution is 2.36. The molecule has 0 radical (unpaired) electrons. The number of hydrogen-bond acceptors (Lipinski definition) is 4. The summed E-state index contributed by atoms with van der Waals surface area (Å²) in [5.41, 5.74) is 8.36. The van der Waals surface area contributed by atoms with Gasteiger partial charge >= 0.3 is 5.63 Å². The molecule has 0 aliphatic carbocycles. The van der Waals surface area contributed by atoms with Gasteiger partial charge in [-0.1, -0.05) is 42.0 Å². The smallest absolute Gasteiger partial charge is 0.346 e. The Bertz CT molecular complexity index is 1290. The topological polar surface area (TPSA) is 113 Å². The van der Waals surface area contributed by atoms with E-state index in [1.807, 2.05) is 49.4 Å². The molecule has 2 aromatic carbocycles. The minimum atomic E-state index is -1.28. The molecule has 3 N–H and O–H groups in total. The minimum Gasteiger partial charge on any atom is -0.422 e. The van der Waals surface area contributed by atoms with E-state index >= 15 is 0 Å². The summed E-state index contributed by atoms with van der Waals surface area (Å²) in [5, 5.41) is 10.4. The molecule has 1 unspecified atom stereocenters. The van der Waals surface area contributed by atoms with Crippen molar-refractivity contribution in [3.05, 3.63) is 70.1 Å². The number of aromatic amines is 1. The summed E-state index contributed by atoms with van der Waals surface area (Å²) in [6.07, 6.45) is 0. The summed E-state index contributed by atoms with van der Waals surface area (Å²) in [6.45, 7) is 1.96. The molecule has 0 saturated heterocycles. The highest BCUT2D eigenvalue weighted by atomic mass is 16.4. The number of fused-ring (bicyclic) bond motifs is 3. The van der Waals surface area contributed by atoms with Crippen LogP contribution in [0, 0.1) is 18.3 Å². The Kier molecular flexibility index (Phi) is 3.78. The van der Waals surface area contributed by atoms with Crippen LogP contribution < -0.4 is 11.4 Å². The maximum absolute atomic E-state index is 12.7. The minimum absolute atomic E-state index is 0.176. The van der Waals surface area contributed by atoms with Crippen LogP contribution in [-0.4, -0.2) is 10.9 Å². The lowest BCUT2D eigenvalue weighted by molar-refractivity contribution is -0.118. The fourth-order valence-corrected chi connectivity index (χ4v) is 3.35. The lowest BCUT2D eigenvalue weighted by Crippen LogP contribution is -2.21. The van der Waals surface area contributed by atoms with E-state index in [2.05, 4.69) is 4.98 Å². The van der Waals surface area contributed by atoms with Gasteiger partial charge in [0.2, 0.25) is 5.91 Å². The van der Waals surface area contributed by atoms with E-state index in [4.69, 9.17) is 10.2 Å². The van der Waals surface area contributed by atoms with Gasteiger partial charge in [0.25, 0.3) is 0 Å². The predicted molar refractivity (Wildman–Crippen MR) is 102 cm³/mol. The monoisotopic (exact) mass is 357 g/mol. The van der Waals surface area contributed by atoms with Crippen molar-refractivity contribution in [2.75, 3.05) is 0 Å². The normalized spacial score (nSPS) is 12.1. The molecule has 0 spiro atoms. The van der Waals surface area contributed by atoms with Crippen molar-refractivity contribution >= 4 is 27.8 Å². The molecular weight excluding hydrogens is 342 g/mol. The lowest BCUT2D eigenvalue weighted by atomic mass is 9.94. The van der Waals surface area contributed by atoms with Crippen LogP contribution in [0.15, 0.2) is 57.7 Å². The Morgan fingerprint density at radius 1 is 1.19 bits per heavy atom. The van der Waals surface area contributed by atoms with Crippen LogP contribution in [0.5, 0.6) is 0 Å². The molecule has 6 heteroatoms. The maximum Gasteiger partial charge on any atom is 0.346 e. The van der Waals surface area contributed by atoms with Crippen molar-refractivity contribution in [1.29, 1.82) is 5.26 Å². The van der Waals surface area contributed by atoms with Crippen molar-refractivity contribution < 1.29 is 9.21 Å². The first kappa shape index (κ1) is 16.6. The van der Waals surface area contributed by atoms with Gasteiger partial charge in [-0.05, 0) is 24.6 Å². The molecule has 4 aromatic rings. The van der Waals surface area contributed by atoms with E-state index in [1.54, 1.807) is 12.1 Å². The molecule has 0 bridgehead atoms. The highest BCUT2D eigenvalue weighted by Gasteiger charge is 2.29. The molecule has 27 heavy (non-hydrogen) atoms. The van der Waals surface area contributed by atoms with Crippen molar-refractivity contribution in [2.45, 2.75) is 12.8 Å². The number of nitrogens with one attached hydrogen (secondary N) is 1. The Hall–Kier alpha value is -3.85. The third-order valence-electron chi connectivity index (χ3n) is 4.64. The molecule has 0 saturated carbocycles. The van der Waals surface area contributed by atoms with Crippen LogP contribution in [-0.2, 0) is 4.79 Å². The number of rotatable bonds is 3. The van der Waals surface area contributed by atoms with Gasteiger partial charge in [0.15, 0.2) is 5.92 Å². The number of para-hydroxylation sites is 1. The zero-order valence-electron chi connectivity index (χ0n) is 14.4. The molecule has 0 aliphatic rings. The van der Waals surface area contributed by atoms with E-state index in [-0.39, 0.29) is 10.9 Å². The highest BCUT2D eigenvalue weighted by molar-refractivity contribution is 6.08. The van der Waals surface area contributed by atoms with Crippen molar-refractivity contribution in [1.82, 2.24) is 4.98 Å². The first-order chi connectivity index (χ1) is 13.0. The van der Waals surface area contributed by atoms with Gasteiger partial charge in [-0.15, -0.1) is 0 Å². The SMILES string of the molecule is Cc1ccc(-c2[nH]c3c(c2C(C#N)C(N)=O)c(=O)oc2ccccc23)cc1. The standard InChI is InChI=1S/C21H15N3O3/c1-11-6-8-12(9-7-11)18-16(14(10-22)20(23)25)17-19(24-18)13-4-2-3-5-15(13)27-21(17)26/h2-9,14,24H,1H3,(H2,23,25). The summed E-state index contributed by atoms with van der Waals surface area (Å²) in [5.74, 6) is -2.10. The summed E-state index contributed by atoms with van der Waals surface area (Å²) in [6, 6.07) is 16.6. The van der Waals surface area contributed by atoms with Gasteiger partial charge in [-0.25, -0.2) is 4.79 Å². The number of benzene rings is 2. The fourth-order valence-electron chi connectivity index (χ4n) is 3.35. The molecule has 132 valence electrons. The number of aromatic nitrogens is 1. The average molecular weight is 357 g/mol. The van der Waals surface area contributed by atoms with E-state index in [1.165, 1.54) is 0 Å². The Balaban J connectivity index is 2.19. The van der Waals surface area contributed by atoms with Gasteiger partial charge in [0, 0.05) is 10.9 Å². The third kappa shape index (κ3) is 2.57. The van der Waals surface area contributed by atoms with Crippen molar-refractivity contribution in [3.8, 4) is 17.3 Å². The van der Waals surface area contributed by atoms with Crippen LogP contribution in [0.3, 0.4) is 0 Å². The van der Waals surface area contributed by atoms with Gasteiger partial charge in [-0.3, -0.25) is 4.79 Å². The number of carbonyl (C=O) groups is 1. The zero-order valence-corrected chi connectivity index (χ0v) is 14.4. The first-order valence-corrected chi connectivity index (χ1v) is 8.34. The second-order valence-corrected chi connectivity index (χ2v) is 6.38. The summed E-state index contributed by atoms with van der Waals surface area (Å²) in [4.78, 5) is 27.9. The predicted octanol–water partition coefficient (Wildman–Crippen LogP) is 3.34. The van der Waals surface area contributed by atoms with Gasteiger partial charge in [-0.2, -0.15) is 5.26 Å². The Morgan fingerprint density at radius 3 is 2.56 bits per heavy atom. The number of nitrogens with zero attached hydrogens (tertiary/aromatic N) is 1. The first-order valence-electron chi connectivity index (χ1n) is 8.34. The summed E-state index contributed by atoms with van der Waals surface area (Å²) < 4.78 is 5.42. The van der Waals surface area contributed by atoms with Crippen LogP contribution in [0.2, 0.25) is 0 Å². The number of aryl methyl sites for hydroxylation is 1. The van der Waals surface area contributed by atoms with E-state index in [0.717, 1.165) is 11.1 Å². The molecule has 6 nitrogen and oxygen atoms in total. The van der Waals surface area contributed by atoms with Crippen LogP contribution in [0.1, 0.15) is 17.0 Å². The molecule has 4 rings (SSSR count). The number of hydrogen-bond donors (Lipinski definition) is 2. The van der Waals surface area contributed by atoms with Crippen molar-refractivity contribution in [3.63, 3.8) is 0 Å². The molecular formula is C21H15N3O3. The average Bonchev–Trinajstić information content (AvgIpc) is 3.04. The quantitative estimate of drug-likeness (QED) is 0.547. The van der Waals surface area contributed by atoms with Gasteiger partial charge in [0.1, 0.15) is 5.58 Å². The number of nitriles is 1. The van der Waals surface area contributed by atoms with Crippen LogP contribution in [0.25, 0.3) is 33.1 Å². The molecule has 1 atom stereocenters. The Labute approximate surface area is 153 Å². The van der Waals surface area contributed by atoms with Crippen LogP contribution in [0.4, 0.5) is 0 Å². The molecule has 2 aromatic heterocycles. The van der Waals surface area contributed by atoms with Gasteiger partial charge in [0.05, 0.1) is 22.7 Å². The number of carbonyl (C=O) groups excluding carboxylic acids is 1. The van der Waals surface area contributed by atoms with E-state index < -0.39 is 17.5 Å². The number of amides is 1. The number of H-pyrrole nitrogens is 1. The summed E-state index contributed by atoms with van der Waals surface area (Å²) in [7, 11) is 0. The fraction of sp³-hybridized carbons (Fsp3) is 0.0952. The molecule has 0 fully saturated rings. The number of primary amides is 1.